The van der Waals surface area contributed by atoms with Crippen molar-refractivity contribution in [2.24, 2.45) is 11.8 Å². The highest BCUT2D eigenvalue weighted by atomic mass is 16.5. The van der Waals surface area contributed by atoms with Gasteiger partial charge in [0.1, 0.15) is 6.54 Å². The van der Waals surface area contributed by atoms with Gasteiger partial charge >= 0.3 is 12.0 Å². The van der Waals surface area contributed by atoms with Gasteiger partial charge in [0.2, 0.25) is 5.91 Å². The molecule has 1 rings (SSSR count). The van der Waals surface area contributed by atoms with Crippen molar-refractivity contribution in [2.75, 3.05) is 19.7 Å². The molecule has 174 valence electrons. The van der Waals surface area contributed by atoms with E-state index in [0.717, 1.165) is 25.2 Å². The number of carbonyl (C=O) groups excluding carboxylic acids is 3. The van der Waals surface area contributed by atoms with Crippen molar-refractivity contribution in [3.63, 3.8) is 0 Å². The molecular formula is C24H44N2O4. The first-order valence-corrected chi connectivity index (χ1v) is 12.2. The van der Waals surface area contributed by atoms with E-state index >= 15 is 0 Å². The molecule has 1 saturated heterocycles. The summed E-state index contributed by atoms with van der Waals surface area (Å²) in [6, 6.07) is -0.234. The lowest BCUT2D eigenvalue weighted by Gasteiger charge is -2.25. The number of imide groups is 1. The molecule has 1 aliphatic heterocycles. The largest absolute Gasteiger partial charge is 0.466 e. The molecule has 6 nitrogen and oxygen atoms in total. The fraction of sp³-hybridized carbons (Fsp3) is 0.875. The van der Waals surface area contributed by atoms with Gasteiger partial charge in [-0.15, -0.1) is 0 Å². The van der Waals surface area contributed by atoms with Gasteiger partial charge < -0.3 is 9.64 Å². The van der Waals surface area contributed by atoms with E-state index in [4.69, 9.17) is 4.74 Å². The first-order chi connectivity index (χ1) is 14.5. The third-order valence-electron chi connectivity index (χ3n) is 6.05. The molecule has 0 aromatic carbocycles. The van der Waals surface area contributed by atoms with Crippen molar-refractivity contribution in [1.82, 2.24) is 10.2 Å². The minimum Gasteiger partial charge on any atom is -0.466 e. The normalized spacial score (nSPS) is 15.9. The summed E-state index contributed by atoms with van der Waals surface area (Å²) in [5.41, 5.74) is 0. The molecule has 0 aromatic rings. The van der Waals surface area contributed by atoms with E-state index in [1.165, 1.54) is 57.8 Å². The van der Waals surface area contributed by atoms with Gasteiger partial charge in [-0.05, 0) is 38.0 Å². The van der Waals surface area contributed by atoms with Crippen molar-refractivity contribution in [3.8, 4) is 0 Å². The first-order valence-electron chi connectivity index (χ1n) is 12.2. The zero-order chi connectivity index (χ0) is 22.2. The van der Waals surface area contributed by atoms with E-state index in [0.29, 0.717) is 25.5 Å². The Morgan fingerprint density at radius 1 is 0.933 bits per heavy atom. The lowest BCUT2D eigenvalue weighted by atomic mass is 9.83. The summed E-state index contributed by atoms with van der Waals surface area (Å²) in [4.78, 5) is 36.3. The SMILES string of the molecule is CCCCC(CCN1CC(=O)NC1=O)CC(CCC)CCCCCCC(=O)OCC. The number of urea groups is 1. The summed E-state index contributed by atoms with van der Waals surface area (Å²) in [5, 5.41) is 2.37. The van der Waals surface area contributed by atoms with Crippen molar-refractivity contribution in [1.29, 1.82) is 0 Å². The van der Waals surface area contributed by atoms with Crippen LogP contribution in [0.5, 0.6) is 0 Å². The highest BCUT2D eigenvalue weighted by Gasteiger charge is 2.27. The monoisotopic (exact) mass is 424 g/mol. The number of rotatable bonds is 18. The van der Waals surface area contributed by atoms with Gasteiger partial charge in [0.15, 0.2) is 0 Å². The maximum atomic E-state index is 11.8. The molecule has 1 N–H and O–H groups in total. The van der Waals surface area contributed by atoms with Crippen LogP contribution < -0.4 is 5.32 Å². The van der Waals surface area contributed by atoms with E-state index in [-0.39, 0.29) is 24.5 Å². The molecule has 2 unspecified atom stereocenters. The number of nitrogens with zero attached hydrogens (tertiary/aromatic N) is 1. The number of ether oxygens (including phenoxy) is 1. The van der Waals surface area contributed by atoms with E-state index in [9.17, 15) is 14.4 Å². The molecule has 3 amide bonds. The molecule has 6 heteroatoms. The molecule has 0 saturated carbocycles. The van der Waals surface area contributed by atoms with Crippen molar-refractivity contribution < 1.29 is 19.1 Å². The summed E-state index contributed by atoms with van der Waals surface area (Å²) in [6.07, 6.45) is 14.5. The number of hydrogen-bond donors (Lipinski definition) is 1. The number of unbranched alkanes of at least 4 members (excludes halogenated alkanes) is 4. The van der Waals surface area contributed by atoms with E-state index in [1.807, 2.05) is 6.92 Å². The average Bonchev–Trinajstić information content (AvgIpc) is 3.03. The highest BCUT2D eigenvalue weighted by Crippen LogP contribution is 2.29. The summed E-state index contributed by atoms with van der Waals surface area (Å²) in [7, 11) is 0. The van der Waals surface area contributed by atoms with Crippen LogP contribution in [0, 0.1) is 11.8 Å². The first kappa shape index (κ1) is 26.4. The van der Waals surface area contributed by atoms with Gasteiger partial charge in [-0.2, -0.15) is 0 Å². The Morgan fingerprint density at radius 3 is 2.27 bits per heavy atom. The molecule has 0 bridgehead atoms. The van der Waals surface area contributed by atoms with Crippen molar-refractivity contribution >= 4 is 17.9 Å². The fourth-order valence-corrected chi connectivity index (χ4v) is 4.42. The van der Waals surface area contributed by atoms with E-state index < -0.39 is 0 Å². The molecular weight excluding hydrogens is 380 g/mol. The number of nitrogens with one attached hydrogen (secondary N) is 1. The molecule has 1 heterocycles. The summed E-state index contributed by atoms with van der Waals surface area (Å²) < 4.78 is 4.98. The molecule has 0 aliphatic carbocycles. The maximum absolute atomic E-state index is 11.8. The van der Waals surface area contributed by atoms with Crippen LogP contribution in [0.1, 0.15) is 104 Å². The Morgan fingerprint density at radius 2 is 1.63 bits per heavy atom. The van der Waals surface area contributed by atoms with E-state index in [2.05, 4.69) is 19.2 Å². The topological polar surface area (TPSA) is 75.7 Å². The smallest absolute Gasteiger partial charge is 0.324 e. The van der Waals surface area contributed by atoms with Crippen LogP contribution in [0.4, 0.5) is 4.79 Å². The predicted molar refractivity (Wildman–Crippen MR) is 120 cm³/mol. The second-order valence-corrected chi connectivity index (χ2v) is 8.72. The molecule has 0 aromatic heterocycles. The van der Waals surface area contributed by atoms with Crippen LogP contribution in [0.15, 0.2) is 0 Å². The highest BCUT2D eigenvalue weighted by molar-refractivity contribution is 6.01. The predicted octanol–water partition coefficient (Wildman–Crippen LogP) is 5.44. The van der Waals surface area contributed by atoms with Gasteiger partial charge in [0, 0.05) is 13.0 Å². The van der Waals surface area contributed by atoms with Crippen LogP contribution in [0.25, 0.3) is 0 Å². The Labute approximate surface area is 183 Å². The third-order valence-corrected chi connectivity index (χ3v) is 6.05. The third kappa shape index (κ3) is 11.6. The van der Waals surface area contributed by atoms with Gasteiger partial charge in [0.25, 0.3) is 0 Å². The second-order valence-electron chi connectivity index (χ2n) is 8.72. The Hall–Kier alpha value is -1.59. The Bertz CT molecular complexity index is 509. The Balaban J connectivity index is 2.37. The van der Waals surface area contributed by atoms with Gasteiger partial charge in [0.05, 0.1) is 6.61 Å². The lowest BCUT2D eigenvalue weighted by molar-refractivity contribution is -0.143. The Kier molecular flexibility index (Phi) is 14.2. The average molecular weight is 425 g/mol. The zero-order valence-electron chi connectivity index (χ0n) is 19.5. The van der Waals surface area contributed by atoms with Gasteiger partial charge in [-0.1, -0.05) is 71.6 Å². The summed E-state index contributed by atoms with van der Waals surface area (Å²) in [6.45, 7) is 7.69. The van der Waals surface area contributed by atoms with Crippen LogP contribution in [-0.4, -0.2) is 42.5 Å². The van der Waals surface area contributed by atoms with Crippen LogP contribution >= 0.6 is 0 Å². The van der Waals surface area contributed by atoms with Crippen molar-refractivity contribution in [2.45, 2.75) is 104 Å². The van der Waals surface area contributed by atoms with Crippen LogP contribution in [-0.2, 0) is 14.3 Å². The zero-order valence-corrected chi connectivity index (χ0v) is 19.5. The lowest BCUT2D eigenvalue weighted by Crippen LogP contribution is -2.30. The minimum absolute atomic E-state index is 0.0755. The van der Waals surface area contributed by atoms with Gasteiger partial charge in [-0.25, -0.2) is 4.79 Å². The summed E-state index contributed by atoms with van der Waals surface area (Å²) in [5.74, 6) is 1.09. The fourth-order valence-electron chi connectivity index (χ4n) is 4.42. The minimum atomic E-state index is -0.234. The maximum Gasteiger partial charge on any atom is 0.324 e. The van der Waals surface area contributed by atoms with Crippen LogP contribution in [0.2, 0.25) is 0 Å². The van der Waals surface area contributed by atoms with Crippen LogP contribution in [0.3, 0.4) is 0 Å². The quantitative estimate of drug-likeness (QED) is 0.180. The number of carbonyl (C=O) groups is 3. The van der Waals surface area contributed by atoms with Gasteiger partial charge in [-0.3, -0.25) is 14.9 Å². The molecule has 0 spiro atoms. The number of hydrogen-bond acceptors (Lipinski definition) is 4. The molecule has 30 heavy (non-hydrogen) atoms. The number of amides is 3. The summed E-state index contributed by atoms with van der Waals surface area (Å²) >= 11 is 0. The van der Waals surface area contributed by atoms with Crippen molar-refractivity contribution in [3.05, 3.63) is 0 Å². The standard InChI is InChI=1S/C24H44N2O4/c1-4-7-13-21(16-17-26-19-22(27)25-24(26)29)18-20(12-5-2)14-10-8-9-11-15-23(28)30-6-3/h20-21H,4-19H2,1-3H3,(H,25,27,29). The molecule has 2 atom stereocenters. The molecule has 1 fully saturated rings. The second kappa shape index (κ2) is 16.1. The number of esters is 1. The molecule has 1 aliphatic rings. The molecule has 0 radical (unpaired) electrons. The van der Waals surface area contributed by atoms with E-state index in [1.54, 1.807) is 4.90 Å².